The van der Waals surface area contributed by atoms with E-state index < -0.39 is 24.9 Å². The highest BCUT2D eigenvalue weighted by Crippen LogP contribution is 2.29. The van der Waals surface area contributed by atoms with E-state index in [9.17, 15) is 16.8 Å². The standard InChI is InChI=1S/C19H19ClN2O4S2/c1-27(23,24)18-8-4-16(5-9-18)19(12-22-11-10-21-14-22)28(25,26)13-15-2-6-17(20)7-3-15/h2-11,14,19H,12-13H2,1H3. The molecule has 0 saturated carbocycles. The average molecular weight is 439 g/mol. The highest BCUT2D eigenvalue weighted by Gasteiger charge is 2.28. The van der Waals surface area contributed by atoms with Crippen molar-refractivity contribution in [3.05, 3.63) is 83.4 Å². The van der Waals surface area contributed by atoms with Gasteiger partial charge in [0.1, 0.15) is 5.25 Å². The van der Waals surface area contributed by atoms with Crippen molar-refractivity contribution in [3.63, 3.8) is 0 Å². The number of hydrogen-bond donors (Lipinski definition) is 0. The van der Waals surface area contributed by atoms with Crippen LogP contribution in [0, 0.1) is 0 Å². The molecule has 0 amide bonds. The summed E-state index contributed by atoms with van der Waals surface area (Å²) in [7, 11) is -6.97. The number of hydrogen-bond acceptors (Lipinski definition) is 5. The van der Waals surface area contributed by atoms with Gasteiger partial charge in [-0.05, 0) is 35.4 Å². The summed E-state index contributed by atoms with van der Waals surface area (Å²) in [6.07, 6.45) is 5.93. The summed E-state index contributed by atoms with van der Waals surface area (Å²) in [6.45, 7) is 0.175. The Kier molecular flexibility index (Phi) is 5.92. The molecule has 0 spiro atoms. The Hall–Kier alpha value is -2.16. The van der Waals surface area contributed by atoms with Crippen molar-refractivity contribution in [2.75, 3.05) is 6.26 Å². The van der Waals surface area contributed by atoms with E-state index in [1.807, 2.05) is 0 Å². The number of halogens is 1. The lowest BCUT2D eigenvalue weighted by molar-refractivity contribution is 0.561. The van der Waals surface area contributed by atoms with Crippen molar-refractivity contribution in [2.45, 2.75) is 22.4 Å². The number of rotatable bonds is 7. The van der Waals surface area contributed by atoms with Gasteiger partial charge in [0.25, 0.3) is 0 Å². The second kappa shape index (κ2) is 8.06. The van der Waals surface area contributed by atoms with E-state index in [0.717, 1.165) is 6.26 Å². The molecule has 0 radical (unpaired) electrons. The zero-order valence-corrected chi connectivity index (χ0v) is 17.5. The maximum atomic E-state index is 13.2. The molecule has 9 heteroatoms. The summed E-state index contributed by atoms with van der Waals surface area (Å²) in [5.74, 6) is -0.155. The van der Waals surface area contributed by atoms with Crippen molar-refractivity contribution in [3.8, 4) is 0 Å². The smallest absolute Gasteiger partial charge is 0.175 e. The van der Waals surface area contributed by atoms with Gasteiger partial charge in [0.2, 0.25) is 0 Å². The van der Waals surface area contributed by atoms with Crippen molar-refractivity contribution in [1.29, 1.82) is 0 Å². The Morgan fingerprint density at radius 1 is 1.00 bits per heavy atom. The Morgan fingerprint density at radius 2 is 1.64 bits per heavy atom. The highest BCUT2D eigenvalue weighted by atomic mass is 35.5. The van der Waals surface area contributed by atoms with Gasteiger partial charge < -0.3 is 4.57 Å². The van der Waals surface area contributed by atoms with Gasteiger partial charge in [0.05, 0.1) is 17.0 Å². The van der Waals surface area contributed by atoms with E-state index in [4.69, 9.17) is 11.6 Å². The molecule has 3 rings (SSSR count). The molecule has 0 fully saturated rings. The molecule has 0 bridgehead atoms. The lowest BCUT2D eigenvalue weighted by Gasteiger charge is -2.19. The van der Waals surface area contributed by atoms with E-state index >= 15 is 0 Å². The van der Waals surface area contributed by atoms with Crippen LogP contribution in [0.5, 0.6) is 0 Å². The lowest BCUT2D eigenvalue weighted by atomic mass is 10.1. The van der Waals surface area contributed by atoms with Gasteiger partial charge in [-0.15, -0.1) is 0 Å². The first-order valence-corrected chi connectivity index (χ1v) is 12.4. The second-order valence-electron chi connectivity index (χ2n) is 6.52. The third-order valence-corrected chi connectivity index (χ3v) is 7.73. The number of aromatic nitrogens is 2. The molecule has 1 atom stereocenters. The van der Waals surface area contributed by atoms with E-state index in [0.29, 0.717) is 16.1 Å². The molecule has 6 nitrogen and oxygen atoms in total. The number of nitrogens with zero attached hydrogens (tertiary/aromatic N) is 2. The molecule has 0 aliphatic carbocycles. The number of sulfone groups is 2. The van der Waals surface area contributed by atoms with Crippen molar-refractivity contribution in [2.24, 2.45) is 0 Å². The van der Waals surface area contributed by atoms with Crippen LogP contribution >= 0.6 is 11.6 Å². The first-order valence-electron chi connectivity index (χ1n) is 8.37. The predicted octanol–water partition coefficient (Wildman–Crippen LogP) is 3.30. The van der Waals surface area contributed by atoms with Crippen molar-refractivity contribution < 1.29 is 16.8 Å². The van der Waals surface area contributed by atoms with Crippen LogP contribution in [0.1, 0.15) is 16.4 Å². The quantitative estimate of drug-likeness (QED) is 0.565. The summed E-state index contributed by atoms with van der Waals surface area (Å²) >= 11 is 5.88. The Balaban J connectivity index is 1.97. The molecule has 1 aromatic heterocycles. The fraction of sp³-hybridized carbons (Fsp3) is 0.211. The van der Waals surface area contributed by atoms with Gasteiger partial charge in [-0.2, -0.15) is 0 Å². The van der Waals surface area contributed by atoms with Crippen LogP contribution in [-0.4, -0.2) is 32.6 Å². The second-order valence-corrected chi connectivity index (χ2v) is 11.2. The molecular weight excluding hydrogens is 420 g/mol. The van der Waals surface area contributed by atoms with Crippen LogP contribution in [0.2, 0.25) is 5.02 Å². The van der Waals surface area contributed by atoms with Crippen molar-refractivity contribution in [1.82, 2.24) is 9.55 Å². The van der Waals surface area contributed by atoms with Gasteiger partial charge in [-0.1, -0.05) is 35.9 Å². The molecule has 0 saturated heterocycles. The number of imidazole rings is 1. The van der Waals surface area contributed by atoms with Crippen LogP contribution in [0.15, 0.2) is 72.1 Å². The molecular formula is C19H19ClN2O4S2. The molecule has 148 valence electrons. The first-order chi connectivity index (χ1) is 13.1. The fourth-order valence-corrected chi connectivity index (χ4v) is 5.44. The van der Waals surface area contributed by atoms with E-state index in [2.05, 4.69) is 4.98 Å². The van der Waals surface area contributed by atoms with Crippen LogP contribution in [0.4, 0.5) is 0 Å². The highest BCUT2D eigenvalue weighted by molar-refractivity contribution is 7.91. The maximum Gasteiger partial charge on any atom is 0.175 e. The van der Waals surface area contributed by atoms with Crippen LogP contribution in [-0.2, 0) is 32.0 Å². The largest absolute Gasteiger partial charge is 0.336 e. The minimum absolute atomic E-state index is 0.146. The third kappa shape index (κ3) is 5.01. The zero-order chi connectivity index (χ0) is 20.4. The Labute approximate surface area is 169 Å². The van der Waals surface area contributed by atoms with Gasteiger partial charge in [0, 0.05) is 30.2 Å². The minimum atomic E-state index is -3.61. The molecule has 28 heavy (non-hydrogen) atoms. The average Bonchev–Trinajstić information content (AvgIpc) is 3.14. The van der Waals surface area contributed by atoms with Gasteiger partial charge in [0.15, 0.2) is 19.7 Å². The molecule has 0 N–H and O–H groups in total. The molecule has 0 aliphatic rings. The van der Waals surface area contributed by atoms with E-state index in [1.165, 1.54) is 12.1 Å². The first kappa shape index (κ1) is 20.6. The normalized spacial score (nSPS) is 13.4. The monoisotopic (exact) mass is 438 g/mol. The summed E-state index contributed by atoms with van der Waals surface area (Å²) in [5.41, 5.74) is 1.16. The summed E-state index contributed by atoms with van der Waals surface area (Å²) in [5, 5.41) is -0.321. The van der Waals surface area contributed by atoms with E-state index in [-0.39, 0.29) is 17.2 Å². The summed E-state index contributed by atoms with van der Waals surface area (Å²) in [4.78, 5) is 4.11. The van der Waals surface area contributed by atoms with Crippen LogP contribution in [0.25, 0.3) is 0 Å². The third-order valence-electron chi connectivity index (χ3n) is 4.33. The maximum absolute atomic E-state index is 13.2. The van der Waals surface area contributed by atoms with Crippen molar-refractivity contribution >= 4 is 31.3 Å². The molecule has 1 heterocycles. The van der Waals surface area contributed by atoms with Gasteiger partial charge in [-0.25, -0.2) is 21.8 Å². The lowest BCUT2D eigenvalue weighted by Crippen LogP contribution is -2.20. The molecule has 0 aliphatic heterocycles. The molecule has 3 aromatic rings. The predicted molar refractivity (Wildman–Crippen MR) is 109 cm³/mol. The topological polar surface area (TPSA) is 86.1 Å². The van der Waals surface area contributed by atoms with Crippen LogP contribution < -0.4 is 0 Å². The Morgan fingerprint density at radius 3 is 2.18 bits per heavy atom. The number of benzene rings is 2. The SMILES string of the molecule is CS(=O)(=O)c1ccc(C(Cn2ccnc2)S(=O)(=O)Cc2ccc(Cl)cc2)cc1. The zero-order valence-electron chi connectivity index (χ0n) is 15.1. The fourth-order valence-electron chi connectivity index (χ4n) is 2.86. The summed E-state index contributed by atoms with van der Waals surface area (Å²) in [6, 6.07) is 12.6. The Bertz CT molecular complexity index is 1140. The van der Waals surface area contributed by atoms with E-state index in [1.54, 1.807) is 59.7 Å². The molecule has 2 aromatic carbocycles. The van der Waals surface area contributed by atoms with Gasteiger partial charge in [-0.3, -0.25) is 0 Å². The van der Waals surface area contributed by atoms with Gasteiger partial charge >= 0.3 is 0 Å². The summed E-state index contributed by atoms with van der Waals surface area (Å²) < 4.78 is 51.5. The van der Waals surface area contributed by atoms with Crippen LogP contribution in [0.3, 0.4) is 0 Å². The molecule has 1 unspecified atom stereocenters. The minimum Gasteiger partial charge on any atom is -0.336 e.